The number of methoxy groups -OCH3 is 1. The van der Waals surface area contributed by atoms with Gasteiger partial charge in [-0.05, 0) is 50.3 Å². The minimum Gasteiger partial charge on any atom is -0.493 e. The highest BCUT2D eigenvalue weighted by Crippen LogP contribution is 2.39. The van der Waals surface area contributed by atoms with E-state index in [0.29, 0.717) is 6.61 Å². The maximum atomic E-state index is 9.80. The smallest absolute Gasteiger partial charge is 0.161 e. The second-order valence-electron chi connectivity index (χ2n) is 4.64. The summed E-state index contributed by atoms with van der Waals surface area (Å²) in [6.45, 7) is 2.59. The zero-order chi connectivity index (χ0) is 12.3. The summed E-state index contributed by atoms with van der Waals surface area (Å²) in [4.78, 5) is 0. The molecule has 1 aliphatic carbocycles. The van der Waals surface area contributed by atoms with Gasteiger partial charge in [-0.3, -0.25) is 0 Å². The molecule has 0 saturated heterocycles. The van der Waals surface area contributed by atoms with Gasteiger partial charge in [-0.25, -0.2) is 0 Å². The van der Waals surface area contributed by atoms with Gasteiger partial charge in [0.05, 0.1) is 19.3 Å². The third-order valence-electron chi connectivity index (χ3n) is 3.23. The highest BCUT2D eigenvalue weighted by molar-refractivity contribution is 5.43. The molecule has 0 unspecified atom stereocenters. The van der Waals surface area contributed by atoms with E-state index in [-0.39, 0.29) is 5.60 Å². The van der Waals surface area contributed by atoms with Gasteiger partial charge < -0.3 is 14.6 Å². The topological polar surface area (TPSA) is 38.7 Å². The first kappa shape index (κ1) is 12.2. The van der Waals surface area contributed by atoms with Crippen LogP contribution in [0.1, 0.15) is 31.7 Å². The standard InChI is InChI=1S/C14H20O3/c1-3-17-12-5-4-11(10-13(12)16-2)6-7-14(15)8-9-14/h4-5,10,15H,3,6-9H2,1-2H3. The Bertz CT molecular complexity index is 383. The van der Waals surface area contributed by atoms with Crippen LogP contribution in [0.3, 0.4) is 0 Å². The molecule has 1 aromatic rings. The Labute approximate surface area is 102 Å². The van der Waals surface area contributed by atoms with Crippen LogP contribution in [0.15, 0.2) is 18.2 Å². The molecule has 0 aliphatic heterocycles. The number of ether oxygens (including phenoxy) is 2. The van der Waals surface area contributed by atoms with Crippen LogP contribution in [0, 0.1) is 0 Å². The predicted octanol–water partition coefficient (Wildman–Crippen LogP) is 2.55. The van der Waals surface area contributed by atoms with Crippen LogP contribution in [-0.2, 0) is 6.42 Å². The van der Waals surface area contributed by atoms with Crippen molar-refractivity contribution in [1.82, 2.24) is 0 Å². The van der Waals surface area contributed by atoms with Crippen LogP contribution >= 0.6 is 0 Å². The lowest BCUT2D eigenvalue weighted by Crippen LogP contribution is -2.07. The van der Waals surface area contributed by atoms with Crippen LogP contribution in [-0.4, -0.2) is 24.4 Å². The van der Waals surface area contributed by atoms with Crippen LogP contribution in [0.4, 0.5) is 0 Å². The van der Waals surface area contributed by atoms with Crippen molar-refractivity contribution in [3.63, 3.8) is 0 Å². The lowest BCUT2D eigenvalue weighted by atomic mass is 10.1. The molecule has 1 aliphatic rings. The van der Waals surface area contributed by atoms with Gasteiger partial charge in [0, 0.05) is 0 Å². The minimum atomic E-state index is -0.383. The number of aliphatic hydroxyl groups is 1. The third-order valence-corrected chi connectivity index (χ3v) is 3.23. The Morgan fingerprint density at radius 2 is 2.06 bits per heavy atom. The normalized spacial score (nSPS) is 16.6. The molecule has 0 aromatic heterocycles. The van der Waals surface area contributed by atoms with Crippen molar-refractivity contribution in [2.24, 2.45) is 0 Å². The Kier molecular flexibility index (Phi) is 3.57. The molecule has 3 nitrogen and oxygen atoms in total. The number of hydrogen-bond donors (Lipinski definition) is 1. The summed E-state index contributed by atoms with van der Waals surface area (Å²) in [6, 6.07) is 5.98. The average Bonchev–Trinajstić information content (AvgIpc) is 3.07. The summed E-state index contributed by atoms with van der Waals surface area (Å²) >= 11 is 0. The van der Waals surface area contributed by atoms with Crippen LogP contribution in [0.25, 0.3) is 0 Å². The van der Waals surface area contributed by atoms with E-state index in [1.165, 1.54) is 5.56 Å². The molecule has 94 valence electrons. The first-order valence-corrected chi connectivity index (χ1v) is 6.19. The van der Waals surface area contributed by atoms with Gasteiger partial charge in [0.1, 0.15) is 0 Å². The fourth-order valence-electron chi connectivity index (χ4n) is 1.91. The van der Waals surface area contributed by atoms with E-state index in [4.69, 9.17) is 9.47 Å². The van der Waals surface area contributed by atoms with Gasteiger partial charge in [0.2, 0.25) is 0 Å². The largest absolute Gasteiger partial charge is 0.493 e. The molecular weight excluding hydrogens is 216 g/mol. The summed E-state index contributed by atoms with van der Waals surface area (Å²) in [7, 11) is 1.65. The van der Waals surface area contributed by atoms with Crippen molar-refractivity contribution in [2.45, 2.75) is 38.2 Å². The maximum Gasteiger partial charge on any atom is 0.161 e. The molecule has 17 heavy (non-hydrogen) atoms. The molecule has 1 aromatic carbocycles. The summed E-state index contributed by atoms with van der Waals surface area (Å²) in [5, 5.41) is 9.80. The second-order valence-corrected chi connectivity index (χ2v) is 4.64. The van der Waals surface area contributed by atoms with Crippen molar-refractivity contribution in [2.75, 3.05) is 13.7 Å². The molecule has 1 saturated carbocycles. The summed E-state index contributed by atoms with van der Waals surface area (Å²) < 4.78 is 10.8. The third kappa shape index (κ3) is 3.13. The van der Waals surface area contributed by atoms with Crippen molar-refractivity contribution in [3.8, 4) is 11.5 Å². The van der Waals surface area contributed by atoms with Gasteiger partial charge in [0.25, 0.3) is 0 Å². The van der Waals surface area contributed by atoms with E-state index >= 15 is 0 Å². The molecule has 3 heteroatoms. The quantitative estimate of drug-likeness (QED) is 0.825. The number of hydrogen-bond acceptors (Lipinski definition) is 3. The molecule has 0 amide bonds. The maximum absolute atomic E-state index is 9.80. The molecule has 0 spiro atoms. The highest BCUT2D eigenvalue weighted by atomic mass is 16.5. The molecule has 1 N–H and O–H groups in total. The van der Waals surface area contributed by atoms with Crippen molar-refractivity contribution in [1.29, 1.82) is 0 Å². The van der Waals surface area contributed by atoms with E-state index in [9.17, 15) is 5.11 Å². The Morgan fingerprint density at radius 1 is 1.29 bits per heavy atom. The van der Waals surface area contributed by atoms with Crippen molar-refractivity contribution < 1.29 is 14.6 Å². The van der Waals surface area contributed by atoms with Gasteiger partial charge in [-0.2, -0.15) is 0 Å². The first-order chi connectivity index (χ1) is 8.17. The summed E-state index contributed by atoms with van der Waals surface area (Å²) in [6.07, 6.45) is 3.62. The lowest BCUT2D eigenvalue weighted by Gasteiger charge is -2.12. The van der Waals surface area contributed by atoms with E-state index in [0.717, 1.165) is 37.2 Å². The number of rotatable bonds is 6. The van der Waals surface area contributed by atoms with Gasteiger partial charge >= 0.3 is 0 Å². The minimum absolute atomic E-state index is 0.383. The van der Waals surface area contributed by atoms with Crippen molar-refractivity contribution in [3.05, 3.63) is 23.8 Å². The zero-order valence-electron chi connectivity index (χ0n) is 10.5. The number of aryl methyl sites for hydroxylation is 1. The molecule has 0 radical (unpaired) electrons. The van der Waals surface area contributed by atoms with E-state index in [1.54, 1.807) is 7.11 Å². The lowest BCUT2D eigenvalue weighted by molar-refractivity contribution is 0.140. The van der Waals surface area contributed by atoms with Gasteiger partial charge in [0.15, 0.2) is 11.5 Å². The Morgan fingerprint density at radius 3 is 2.65 bits per heavy atom. The van der Waals surface area contributed by atoms with Crippen molar-refractivity contribution >= 4 is 0 Å². The molecule has 0 atom stereocenters. The van der Waals surface area contributed by atoms with Crippen LogP contribution < -0.4 is 9.47 Å². The van der Waals surface area contributed by atoms with Crippen LogP contribution in [0.2, 0.25) is 0 Å². The molecule has 0 heterocycles. The van der Waals surface area contributed by atoms with Gasteiger partial charge in [-0.1, -0.05) is 6.07 Å². The molecular formula is C14H20O3. The fourth-order valence-corrected chi connectivity index (χ4v) is 1.91. The zero-order valence-corrected chi connectivity index (χ0v) is 10.5. The van der Waals surface area contributed by atoms with E-state index in [2.05, 4.69) is 0 Å². The highest BCUT2D eigenvalue weighted by Gasteiger charge is 2.39. The molecule has 0 bridgehead atoms. The first-order valence-electron chi connectivity index (χ1n) is 6.19. The summed E-state index contributed by atoms with van der Waals surface area (Å²) in [5.74, 6) is 1.55. The number of benzene rings is 1. The Balaban J connectivity index is 2.02. The van der Waals surface area contributed by atoms with E-state index < -0.39 is 0 Å². The molecule has 2 rings (SSSR count). The Hall–Kier alpha value is -1.22. The van der Waals surface area contributed by atoms with Crippen LogP contribution in [0.5, 0.6) is 11.5 Å². The molecule has 1 fully saturated rings. The monoisotopic (exact) mass is 236 g/mol. The summed E-state index contributed by atoms with van der Waals surface area (Å²) in [5.41, 5.74) is 0.803. The fraction of sp³-hybridized carbons (Fsp3) is 0.571. The average molecular weight is 236 g/mol. The predicted molar refractivity (Wildman–Crippen MR) is 66.7 cm³/mol. The second kappa shape index (κ2) is 4.96. The SMILES string of the molecule is CCOc1ccc(CCC2(O)CC2)cc1OC. The van der Waals surface area contributed by atoms with E-state index in [1.807, 2.05) is 25.1 Å². The van der Waals surface area contributed by atoms with Gasteiger partial charge in [-0.15, -0.1) is 0 Å².